The second-order valence-corrected chi connectivity index (χ2v) is 4.35. The molecule has 4 nitrogen and oxygen atoms in total. The van der Waals surface area contributed by atoms with Crippen LogP contribution >= 0.6 is 0 Å². The zero-order chi connectivity index (χ0) is 12.8. The highest BCUT2D eigenvalue weighted by atomic mass is 16.3. The van der Waals surface area contributed by atoms with Crippen molar-refractivity contribution in [3.8, 4) is 0 Å². The third kappa shape index (κ3) is 3.42. The van der Waals surface area contributed by atoms with E-state index < -0.39 is 0 Å². The first-order valence-corrected chi connectivity index (χ1v) is 6.20. The van der Waals surface area contributed by atoms with Crippen LogP contribution in [0.3, 0.4) is 0 Å². The lowest BCUT2D eigenvalue weighted by molar-refractivity contribution is 0.269. The van der Waals surface area contributed by atoms with E-state index in [2.05, 4.69) is 29.5 Å². The molecule has 0 fully saturated rings. The van der Waals surface area contributed by atoms with Gasteiger partial charge in [0.25, 0.3) is 0 Å². The largest absolute Gasteiger partial charge is 0.394 e. The highest BCUT2D eigenvalue weighted by molar-refractivity contribution is 5.18. The van der Waals surface area contributed by atoms with Crippen molar-refractivity contribution in [1.29, 1.82) is 0 Å². The molecule has 0 saturated heterocycles. The lowest BCUT2D eigenvalue weighted by atomic mass is 10.1. The molecule has 0 amide bonds. The molecule has 4 heteroatoms. The van der Waals surface area contributed by atoms with Crippen LogP contribution in [0.4, 0.5) is 0 Å². The molecule has 96 valence electrons. The molecule has 0 radical (unpaired) electrons. The van der Waals surface area contributed by atoms with Gasteiger partial charge in [0.05, 0.1) is 19.3 Å². The van der Waals surface area contributed by atoms with Gasteiger partial charge in [-0.05, 0) is 12.5 Å². The molecule has 2 N–H and O–H groups in total. The van der Waals surface area contributed by atoms with E-state index in [1.54, 1.807) is 4.68 Å². The number of hydrogen-bond acceptors (Lipinski definition) is 3. The van der Waals surface area contributed by atoms with Crippen LogP contribution in [0.25, 0.3) is 0 Å². The SMILES string of the molecule is CC(NCc1cnn(CCO)c1)c1ccccc1. The quantitative estimate of drug-likeness (QED) is 0.815. The van der Waals surface area contributed by atoms with Gasteiger partial charge in [-0.25, -0.2) is 0 Å². The average Bonchev–Trinajstić information content (AvgIpc) is 2.85. The summed E-state index contributed by atoms with van der Waals surface area (Å²) < 4.78 is 1.75. The van der Waals surface area contributed by atoms with Crippen LogP contribution in [-0.4, -0.2) is 21.5 Å². The fourth-order valence-electron chi connectivity index (χ4n) is 1.85. The second-order valence-electron chi connectivity index (χ2n) is 4.35. The van der Waals surface area contributed by atoms with Gasteiger partial charge in [0.2, 0.25) is 0 Å². The summed E-state index contributed by atoms with van der Waals surface area (Å²) in [5, 5.41) is 16.4. The number of hydrogen-bond donors (Lipinski definition) is 2. The molecule has 1 heterocycles. The molecular weight excluding hydrogens is 226 g/mol. The Morgan fingerprint density at radius 3 is 2.83 bits per heavy atom. The van der Waals surface area contributed by atoms with Crippen molar-refractivity contribution in [2.45, 2.75) is 26.1 Å². The van der Waals surface area contributed by atoms with Crippen LogP contribution < -0.4 is 5.32 Å². The summed E-state index contributed by atoms with van der Waals surface area (Å²) in [4.78, 5) is 0. The van der Waals surface area contributed by atoms with E-state index >= 15 is 0 Å². The maximum absolute atomic E-state index is 8.82. The van der Waals surface area contributed by atoms with Gasteiger partial charge in [-0.1, -0.05) is 30.3 Å². The number of benzene rings is 1. The van der Waals surface area contributed by atoms with Gasteiger partial charge in [-0.3, -0.25) is 4.68 Å². The lowest BCUT2D eigenvalue weighted by Crippen LogP contribution is -2.17. The highest BCUT2D eigenvalue weighted by Gasteiger charge is 2.04. The van der Waals surface area contributed by atoms with Gasteiger partial charge in [-0.2, -0.15) is 5.10 Å². The van der Waals surface area contributed by atoms with Crippen LogP contribution in [-0.2, 0) is 13.1 Å². The molecule has 18 heavy (non-hydrogen) atoms. The Balaban J connectivity index is 1.87. The first kappa shape index (κ1) is 12.8. The maximum atomic E-state index is 8.82. The summed E-state index contributed by atoms with van der Waals surface area (Å²) in [7, 11) is 0. The van der Waals surface area contributed by atoms with Crippen molar-refractivity contribution in [3.05, 3.63) is 53.9 Å². The summed E-state index contributed by atoms with van der Waals surface area (Å²) in [6, 6.07) is 10.7. The van der Waals surface area contributed by atoms with Gasteiger partial charge in [-0.15, -0.1) is 0 Å². The number of aromatic nitrogens is 2. The Morgan fingerprint density at radius 2 is 2.11 bits per heavy atom. The van der Waals surface area contributed by atoms with E-state index in [0.717, 1.165) is 12.1 Å². The lowest BCUT2D eigenvalue weighted by Gasteiger charge is -2.13. The summed E-state index contributed by atoms with van der Waals surface area (Å²) >= 11 is 0. The van der Waals surface area contributed by atoms with Crippen molar-refractivity contribution in [2.24, 2.45) is 0 Å². The van der Waals surface area contributed by atoms with Gasteiger partial charge in [0, 0.05) is 24.3 Å². The number of nitrogens with one attached hydrogen (secondary N) is 1. The fourth-order valence-corrected chi connectivity index (χ4v) is 1.85. The predicted octanol–water partition coefficient (Wildman–Crippen LogP) is 1.73. The minimum Gasteiger partial charge on any atom is -0.394 e. The first-order chi connectivity index (χ1) is 8.79. The monoisotopic (exact) mass is 245 g/mol. The molecule has 0 aliphatic carbocycles. The summed E-state index contributed by atoms with van der Waals surface area (Å²) in [5.74, 6) is 0. The predicted molar refractivity (Wildman–Crippen MR) is 71.0 cm³/mol. The average molecular weight is 245 g/mol. The molecule has 1 aromatic carbocycles. The van der Waals surface area contributed by atoms with E-state index in [1.807, 2.05) is 30.6 Å². The zero-order valence-electron chi connectivity index (χ0n) is 10.6. The van der Waals surface area contributed by atoms with E-state index in [-0.39, 0.29) is 6.61 Å². The van der Waals surface area contributed by atoms with Crippen molar-refractivity contribution in [3.63, 3.8) is 0 Å². The van der Waals surface area contributed by atoms with Crippen molar-refractivity contribution in [2.75, 3.05) is 6.61 Å². The first-order valence-electron chi connectivity index (χ1n) is 6.20. The molecule has 0 aliphatic rings. The summed E-state index contributed by atoms with van der Waals surface area (Å²) in [6.07, 6.45) is 3.79. The van der Waals surface area contributed by atoms with Crippen molar-refractivity contribution in [1.82, 2.24) is 15.1 Å². The smallest absolute Gasteiger partial charge is 0.0640 e. The maximum Gasteiger partial charge on any atom is 0.0640 e. The van der Waals surface area contributed by atoms with Crippen LogP contribution in [0.1, 0.15) is 24.1 Å². The molecule has 1 atom stereocenters. The molecule has 0 spiro atoms. The highest BCUT2D eigenvalue weighted by Crippen LogP contribution is 2.11. The Morgan fingerprint density at radius 1 is 1.33 bits per heavy atom. The fraction of sp³-hybridized carbons (Fsp3) is 0.357. The topological polar surface area (TPSA) is 50.1 Å². The molecule has 0 aliphatic heterocycles. The van der Waals surface area contributed by atoms with E-state index in [1.165, 1.54) is 5.56 Å². The number of aliphatic hydroxyl groups is 1. The zero-order valence-corrected chi connectivity index (χ0v) is 10.6. The Labute approximate surface area is 107 Å². The summed E-state index contributed by atoms with van der Waals surface area (Å²) in [5.41, 5.74) is 2.41. The van der Waals surface area contributed by atoms with Gasteiger partial charge in [0.1, 0.15) is 0 Å². The molecule has 0 saturated carbocycles. The van der Waals surface area contributed by atoms with Gasteiger partial charge < -0.3 is 10.4 Å². The van der Waals surface area contributed by atoms with E-state index in [0.29, 0.717) is 12.6 Å². The van der Waals surface area contributed by atoms with Crippen molar-refractivity contribution >= 4 is 0 Å². The molecule has 1 aromatic heterocycles. The molecule has 2 aromatic rings. The third-order valence-corrected chi connectivity index (χ3v) is 2.93. The number of aliphatic hydroxyl groups excluding tert-OH is 1. The van der Waals surface area contributed by atoms with Gasteiger partial charge in [0.15, 0.2) is 0 Å². The van der Waals surface area contributed by atoms with E-state index in [9.17, 15) is 0 Å². The van der Waals surface area contributed by atoms with Crippen LogP contribution in [0.2, 0.25) is 0 Å². The Bertz CT molecular complexity index is 467. The second kappa shape index (κ2) is 6.33. The Hall–Kier alpha value is -1.65. The standard InChI is InChI=1S/C14H19N3O/c1-12(14-5-3-2-4-6-14)15-9-13-10-16-17(11-13)7-8-18/h2-6,10-12,15,18H,7-9H2,1H3. The minimum absolute atomic E-state index is 0.120. The van der Waals surface area contributed by atoms with Crippen LogP contribution in [0.5, 0.6) is 0 Å². The molecular formula is C14H19N3O. The van der Waals surface area contributed by atoms with Gasteiger partial charge >= 0.3 is 0 Å². The normalized spacial score (nSPS) is 12.6. The number of rotatable bonds is 6. The number of nitrogens with zero attached hydrogens (tertiary/aromatic N) is 2. The van der Waals surface area contributed by atoms with E-state index in [4.69, 9.17) is 5.11 Å². The Kier molecular flexibility index (Phi) is 4.50. The molecule has 2 rings (SSSR count). The van der Waals surface area contributed by atoms with Crippen LogP contribution in [0.15, 0.2) is 42.7 Å². The van der Waals surface area contributed by atoms with Crippen molar-refractivity contribution < 1.29 is 5.11 Å². The molecule has 0 bridgehead atoms. The molecule has 1 unspecified atom stereocenters. The summed E-state index contributed by atoms with van der Waals surface area (Å²) in [6.45, 7) is 3.60. The third-order valence-electron chi connectivity index (χ3n) is 2.93. The van der Waals surface area contributed by atoms with Crippen LogP contribution in [0, 0.1) is 0 Å². The minimum atomic E-state index is 0.120.